The standard InChI is InChI=1S/C22H29FN4OS2/c23-17-10-12-18(13-11-17)27-22(30)25-14-5-3-1-2-4-6-15-28-20-9-7-8-19(16-20)26-21(24)29/h7-13,16H,1-6,14-15H2,(H3,24,26,29)(H2,25,27,30). The fourth-order valence-corrected chi connectivity index (χ4v) is 3.18. The topological polar surface area (TPSA) is 71.3 Å². The van der Waals surface area contributed by atoms with Crippen molar-refractivity contribution in [3.63, 3.8) is 0 Å². The number of anilines is 2. The van der Waals surface area contributed by atoms with Crippen molar-refractivity contribution in [3.8, 4) is 5.75 Å². The van der Waals surface area contributed by atoms with Crippen LogP contribution in [0.5, 0.6) is 5.75 Å². The smallest absolute Gasteiger partial charge is 0.170 e. The molecular weight excluding hydrogens is 419 g/mol. The summed E-state index contributed by atoms with van der Waals surface area (Å²) in [5, 5.41) is 9.93. The van der Waals surface area contributed by atoms with Crippen molar-refractivity contribution in [1.29, 1.82) is 0 Å². The zero-order valence-corrected chi connectivity index (χ0v) is 18.6. The lowest BCUT2D eigenvalue weighted by Crippen LogP contribution is -2.29. The molecular formula is C22H29FN4OS2. The Morgan fingerprint density at radius 2 is 1.57 bits per heavy atom. The van der Waals surface area contributed by atoms with E-state index in [0.29, 0.717) is 11.7 Å². The number of nitrogens with one attached hydrogen (secondary N) is 3. The largest absolute Gasteiger partial charge is 0.494 e. The van der Waals surface area contributed by atoms with Crippen molar-refractivity contribution in [2.45, 2.75) is 38.5 Å². The second-order valence-corrected chi connectivity index (χ2v) is 7.72. The van der Waals surface area contributed by atoms with Crippen LogP contribution in [0, 0.1) is 5.82 Å². The minimum absolute atomic E-state index is 0.244. The molecule has 0 bridgehead atoms. The molecule has 5 N–H and O–H groups in total. The molecule has 162 valence electrons. The van der Waals surface area contributed by atoms with Crippen LogP contribution in [-0.4, -0.2) is 23.4 Å². The van der Waals surface area contributed by atoms with E-state index in [1.165, 1.54) is 25.0 Å². The quantitative estimate of drug-likeness (QED) is 0.263. The van der Waals surface area contributed by atoms with Crippen LogP contribution >= 0.6 is 24.4 Å². The average Bonchev–Trinajstić information content (AvgIpc) is 2.71. The summed E-state index contributed by atoms with van der Waals surface area (Å²) in [7, 11) is 0. The minimum atomic E-state index is -0.259. The molecule has 0 spiro atoms. The second-order valence-electron chi connectivity index (χ2n) is 6.87. The maximum atomic E-state index is 12.9. The minimum Gasteiger partial charge on any atom is -0.494 e. The number of nitrogens with two attached hydrogens (primary N) is 1. The number of halogens is 1. The molecule has 0 aliphatic carbocycles. The highest BCUT2D eigenvalue weighted by Gasteiger charge is 2.00. The molecule has 0 aliphatic rings. The lowest BCUT2D eigenvalue weighted by molar-refractivity contribution is 0.304. The van der Waals surface area contributed by atoms with Crippen molar-refractivity contribution in [1.82, 2.24) is 5.32 Å². The van der Waals surface area contributed by atoms with Crippen LogP contribution in [0.2, 0.25) is 0 Å². The van der Waals surface area contributed by atoms with Gasteiger partial charge < -0.3 is 26.4 Å². The van der Waals surface area contributed by atoms with Gasteiger partial charge in [0.2, 0.25) is 0 Å². The predicted molar refractivity (Wildman–Crippen MR) is 131 cm³/mol. The molecule has 0 radical (unpaired) electrons. The number of thiocarbonyl (C=S) groups is 2. The molecule has 0 heterocycles. The maximum Gasteiger partial charge on any atom is 0.170 e. The van der Waals surface area contributed by atoms with Crippen LogP contribution in [-0.2, 0) is 0 Å². The van der Waals surface area contributed by atoms with E-state index in [-0.39, 0.29) is 10.9 Å². The van der Waals surface area contributed by atoms with E-state index >= 15 is 0 Å². The molecule has 5 nitrogen and oxygen atoms in total. The fraction of sp³-hybridized carbons (Fsp3) is 0.364. The van der Waals surface area contributed by atoms with Gasteiger partial charge in [-0.15, -0.1) is 0 Å². The van der Waals surface area contributed by atoms with E-state index in [1.54, 1.807) is 12.1 Å². The highest BCUT2D eigenvalue weighted by atomic mass is 32.1. The van der Waals surface area contributed by atoms with Crippen molar-refractivity contribution >= 4 is 46.0 Å². The van der Waals surface area contributed by atoms with Gasteiger partial charge in [0.05, 0.1) is 6.61 Å². The summed E-state index contributed by atoms with van der Waals surface area (Å²) in [6.45, 7) is 1.52. The summed E-state index contributed by atoms with van der Waals surface area (Å²) >= 11 is 10.1. The molecule has 0 aliphatic heterocycles. The van der Waals surface area contributed by atoms with Gasteiger partial charge in [-0.05, 0) is 73.7 Å². The summed E-state index contributed by atoms with van der Waals surface area (Å²) in [6.07, 6.45) is 6.75. The molecule has 2 aromatic rings. The third-order valence-electron chi connectivity index (χ3n) is 4.33. The average molecular weight is 449 g/mol. The van der Waals surface area contributed by atoms with Gasteiger partial charge in [-0.1, -0.05) is 31.7 Å². The first-order valence-electron chi connectivity index (χ1n) is 10.1. The molecule has 0 saturated heterocycles. The fourth-order valence-electron chi connectivity index (χ4n) is 2.84. The van der Waals surface area contributed by atoms with Crippen LogP contribution < -0.4 is 26.4 Å². The Balaban J connectivity index is 1.44. The van der Waals surface area contributed by atoms with E-state index < -0.39 is 0 Å². The van der Waals surface area contributed by atoms with Crippen LogP contribution in [0.3, 0.4) is 0 Å². The lowest BCUT2D eigenvalue weighted by atomic mass is 10.1. The summed E-state index contributed by atoms with van der Waals surface area (Å²) in [5.41, 5.74) is 7.09. The predicted octanol–water partition coefficient (Wildman–Crippen LogP) is 5.19. The Morgan fingerprint density at radius 3 is 2.30 bits per heavy atom. The van der Waals surface area contributed by atoms with E-state index in [0.717, 1.165) is 49.4 Å². The van der Waals surface area contributed by atoms with Gasteiger partial charge in [-0.25, -0.2) is 4.39 Å². The highest BCUT2D eigenvalue weighted by Crippen LogP contribution is 2.17. The van der Waals surface area contributed by atoms with E-state index in [2.05, 4.69) is 16.0 Å². The number of unbranched alkanes of at least 4 members (excludes halogenated alkanes) is 5. The van der Waals surface area contributed by atoms with Crippen molar-refractivity contribution in [3.05, 3.63) is 54.3 Å². The Kier molecular flexibility index (Phi) is 10.9. The van der Waals surface area contributed by atoms with Gasteiger partial charge >= 0.3 is 0 Å². The van der Waals surface area contributed by atoms with Crippen LogP contribution in [0.25, 0.3) is 0 Å². The van der Waals surface area contributed by atoms with Crippen LogP contribution in [0.4, 0.5) is 15.8 Å². The molecule has 8 heteroatoms. The van der Waals surface area contributed by atoms with Crippen molar-refractivity contribution in [2.75, 3.05) is 23.8 Å². The number of hydrogen-bond donors (Lipinski definition) is 4. The normalized spacial score (nSPS) is 10.3. The summed E-state index contributed by atoms with van der Waals surface area (Å²) in [6, 6.07) is 13.8. The zero-order chi connectivity index (χ0) is 21.6. The maximum absolute atomic E-state index is 12.9. The van der Waals surface area contributed by atoms with E-state index in [4.69, 9.17) is 34.9 Å². The SMILES string of the molecule is NC(=S)Nc1cccc(OCCCCCCCCNC(=S)Nc2ccc(F)cc2)c1. The number of hydrogen-bond acceptors (Lipinski definition) is 3. The monoisotopic (exact) mass is 448 g/mol. The molecule has 0 amide bonds. The summed E-state index contributed by atoms with van der Waals surface area (Å²) in [4.78, 5) is 0. The van der Waals surface area contributed by atoms with Gasteiger partial charge in [0, 0.05) is 24.0 Å². The van der Waals surface area contributed by atoms with Gasteiger partial charge in [0.15, 0.2) is 10.2 Å². The third-order valence-corrected chi connectivity index (χ3v) is 4.68. The zero-order valence-electron chi connectivity index (χ0n) is 17.0. The molecule has 0 atom stereocenters. The second kappa shape index (κ2) is 13.7. The third kappa shape index (κ3) is 10.4. The number of rotatable bonds is 12. The Bertz CT molecular complexity index is 802. The molecule has 2 aromatic carbocycles. The Hall–Kier alpha value is -2.45. The molecule has 30 heavy (non-hydrogen) atoms. The first kappa shape index (κ1) is 23.8. The van der Waals surface area contributed by atoms with E-state index in [1.807, 2.05) is 24.3 Å². The number of benzene rings is 2. The Labute approximate surface area is 188 Å². The van der Waals surface area contributed by atoms with Crippen LogP contribution in [0.15, 0.2) is 48.5 Å². The molecule has 0 aromatic heterocycles. The molecule has 2 rings (SSSR count). The molecule has 0 saturated carbocycles. The van der Waals surface area contributed by atoms with Gasteiger partial charge in [-0.2, -0.15) is 0 Å². The number of ether oxygens (including phenoxy) is 1. The molecule has 0 fully saturated rings. The van der Waals surface area contributed by atoms with E-state index in [9.17, 15) is 4.39 Å². The summed E-state index contributed by atoms with van der Waals surface area (Å²) < 4.78 is 18.7. The first-order valence-corrected chi connectivity index (χ1v) is 10.9. The lowest BCUT2D eigenvalue weighted by Gasteiger charge is -2.10. The van der Waals surface area contributed by atoms with Crippen molar-refractivity contribution in [2.24, 2.45) is 5.73 Å². The Morgan fingerprint density at radius 1 is 0.867 bits per heavy atom. The van der Waals surface area contributed by atoms with Crippen molar-refractivity contribution < 1.29 is 9.13 Å². The van der Waals surface area contributed by atoms with Gasteiger partial charge in [0.25, 0.3) is 0 Å². The highest BCUT2D eigenvalue weighted by molar-refractivity contribution is 7.80. The van der Waals surface area contributed by atoms with Crippen LogP contribution in [0.1, 0.15) is 38.5 Å². The molecule has 0 unspecified atom stereocenters. The first-order chi connectivity index (χ1) is 14.5. The summed E-state index contributed by atoms with van der Waals surface area (Å²) in [5.74, 6) is 0.553. The van der Waals surface area contributed by atoms with Gasteiger partial charge in [-0.3, -0.25) is 0 Å². The van der Waals surface area contributed by atoms with Gasteiger partial charge in [0.1, 0.15) is 11.6 Å².